The van der Waals surface area contributed by atoms with Crippen molar-refractivity contribution in [2.24, 2.45) is 0 Å². The van der Waals surface area contributed by atoms with Crippen molar-refractivity contribution in [3.8, 4) is 0 Å². The van der Waals surface area contributed by atoms with Crippen LogP contribution in [0.4, 0.5) is 5.69 Å². The first-order valence-corrected chi connectivity index (χ1v) is 11.8. The van der Waals surface area contributed by atoms with E-state index >= 15 is 0 Å². The molecule has 0 amide bonds. The highest BCUT2D eigenvalue weighted by Gasteiger charge is 2.17. The fourth-order valence-electron chi connectivity index (χ4n) is 3.57. The first kappa shape index (κ1) is 26.2. The fraction of sp³-hybridized carbons (Fsp3) is 0.680. The molecule has 0 fully saturated rings. The van der Waals surface area contributed by atoms with Crippen LogP contribution in [0, 0.1) is 0 Å². The molecule has 1 atom stereocenters. The summed E-state index contributed by atoms with van der Waals surface area (Å²) >= 11 is 0. The smallest absolute Gasteiger partial charge is 0.197 e. The van der Waals surface area contributed by atoms with Crippen molar-refractivity contribution in [1.29, 1.82) is 0 Å². The third-order valence-electron chi connectivity index (χ3n) is 5.50. The zero-order valence-electron chi connectivity index (χ0n) is 18.7. The number of carboxylic acid groups (broad SMARTS) is 1. The molecule has 0 heterocycles. The molecular weight excluding hydrogens is 378 g/mol. The third-order valence-corrected chi connectivity index (χ3v) is 5.50. The van der Waals surface area contributed by atoms with Gasteiger partial charge >= 0.3 is 0 Å². The molecule has 0 saturated heterocycles. The summed E-state index contributed by atoms with van der Waals surface area (Å²) in [5.74, 6) is -2.63. The second-order valence-corrected chi connectivity index (χ2v) is 8.19. The number of carbonyl (C=O) groups excluding carboxylic acids is 2. The van der Waals surface area contributed by atoms with Crippen LogP contribution in [0.25, 0.3) is 0 Å². The highest BCUT2D eigenvalue weighted by molar-refractivity contribution is 6.10. The van der Waals surface area contributed by atoms with Gasteiger partial charge in [-0.1, -0.05) is 90.4 Å². The first-order valence-electron chi connectivity index (χ1n) is 11.8. The highest BCUT2D eigenvalue weighted by Crippen LogP contribution is 2.14. The number of aliphatic hydroxyl groups excluding tert-OH is 1. The van der Waals surface area contributed by atoms with Crippen LogP contribution in [-0.2, 0) is 4.79 Å². The molecule has 0 aliphatic heterocycles. The number of anilines is 1. The van der Waals surface area contributed by atoms with Gasteiger partial charge in [-0.25, -0.2) is 0 Å². The third kappa shape index (κ3) is 12.0. The minimum absolute atomic E-state index is 0.161. The van der Waals surface area contributed by atoms with E-state index in [2.05, 4.69) is 12.2 Å². The number of carbonyl (C=O) groups is 2. The van der Waals surface area contributed by atoms with Crippen molar-refractivity contribution in [2.75, 3.05) is 11.9 Å². The zero-order valence-corrected chi connectivity index (χ0v) is 18.7. The molecule has 0 radical (unpaired) electrons. The van der Waals surface area contributed by atoms with E-state index in [-0.39, 0.29) is 5.56 Å². The molecule has 1 aromatic rings. The summed E-state index contributed by atoms with van der Waals surface area (Å²) in [5.41, 5.74) is 1.04. The molecule has 0 aromatic heterocycles. The molecule has 0 aliphatic carbocycles. The molecule has 0 saturated carbocycles. The van der Waals surface area contributed by atoms with Crippen LogP contribution >= 0.6 is 0 Å². The summed E-state index contributed by atoms with van der Waals surface area (Å²) < 4.78 is 0. The quantitative estimate of drug-likeness (QED) is 0.190. The van der Waals surface area contributed by atoms with Crippen molar-refractivity contribution in [2.45, 2.75) is 103 Å². The second-order valence-electron chi connectivity index (χ2n) is 8.19. The summed E-state index contributed by atoms with van der Waals surface area (Å²) in [6.07, 6.45) is 16.6. The number of unbranched alkanes of at least 4 members (excludes halogenated alkanes) is 13. The number of hydrogen-bond donors (Lipinski definition) is 2. The number of Topliss-reactive ketones (excluding diaryl/α,β-unsaturated/α-hetero) is 1. The lowest BCUT2D eigenvalue weighted by Gasteiger charge is -2.11. The first-order chi connectivity index (χ1) is 14.6. The molecule has 2 N–H and O–H groups in total. The number of aliphatic hydroxyl groups is 1. The highest BCUT2D eigenvalue weighted by atomic mass is 16.4. The summed E-state index contributed by atoms with van der Waals surface area (Å²) in [4.78, 5) is 22.3. The molecule has 30 heavy (non-hydrogen) atoms. The fourth-order valence-corrected chi connectivity index (χ4v) is 3.57. The Kier molecular flexibility index (Phi) is 14.7. The van der Waals surface area contributed by atoms with E-state index in [9.17, 15) is 19.8 Å². The van der Waals surface area contributed by atoms with Gasteiger partial charge in [0.05, 0.1) is 5.97 Å². The lowest BCUT2D eigenvalue weighted by atomic mass is 10.0. The molecule has 0 bridgehead atoms. The van der Waals surface area contributed by atoms with Crippen LogP contribution in [0.3, 0.4) is 0 Å². The van der Waals surface area contributed by atoms with Crippen molar-refractivity contribution in [3.63, 3.8) is 0 Å². The number of nitrogens with one attached hydrogen (secondary N) is 1. The van der Waals surface area contributed by atoms with E-state index in [4.69, 9.17) is 0 Å². The van der Waals surface area contributed by atoms with Gasteiger partial charge < -0.3 is 20.3 Å². The summed E-state index contributed by atoms with van der Waals surface area (Å²) in [6, 6.07) is 6.47. The van der Waals surface area contributed by atoms with Gasteiger partial charge in [0.15, 0.2) is 11.9 Å². The van der Waals surface area contributed by atoms with Gasteiger partial charge in [0.2, 0.25) is 0 Å². The van der Waals surface area contributed by atoms with E-state index in [1.54, 1.807) is 12.1 Å². The largest absolute Gasteiger partial charge is 0.547 e. The summed E-state index contributed by atoms with van der Waals surface area (Å²) in [5, 5.41) is 23.1. The standard InChI is InChI=1S/C25H41NO4/c1-2-3-4-5-6-7-8-9-10-11-12-13-14-15-20-26-22-18-16-21(17-19-22)23(27)24(28)25(29)30/h16-19,24,26,28H,2-15,20H2,1H3,(H,29,30)/p-1. The lowest BCUT2D eigenvalue weighted by Crippen LogP contribution is -2.40. The second kappa shape index (κ2) is 16.9. The Morgan fingerprint density at radius 2 is 1.23 bits per heavy atom. The number of hydrogen-bond acceptors (Lipinski definition) is 5. The topological polar surface area (TPSA) is 89.5 Å². The van der Waals surface area contributed by atoms with E-state index in [0.717, 1.165) is 18.7 Å². The van der Waals surface area contributed by atoms with Gasteiger partial charge in [-0.2, -0.15) is 0 Å². The van der Waals surface area contributed by atoms with Crippen LogP contribution in [0.15, 0.2) is 24.3 Å². The van der Waals surface area contributed by atoms with Gasteiger partial charge in [-0.3, -0.25) is 4.79 Å². The van der Waals surface area contributed by atoms with E-state index in [1.807, 2.05) is 0 Å². The van der Waals surface area contributed by atoms with Gasteiger partial charge in [0, 0.05) is 17.8 Å². The Labute approximate surface area is 182 Å². The van der Waals surface area contributed by atoms with E-state index < -0.39 is 17.9 Å². The zero-order chi connectivity index (χ0) is 22.0. The average molecular weight is 419 g/mol. The number of ketones is 1. The maximum atomic E-state index is 11.7. The Balaban J connectivity index is 1.97. The van der Waals surface area contributed by atoms with Crippen LogP contribution in [0.1, 0.15) is 107 Å². The average Bonchev–Trinajstić information content (AvgIpc) is 2.75. The van der Waals surface area contributed by atoms with Crippen molar-refractivity contribution in [1.82, 2.24) is 0 Å². The monoisotopic (exact) mass is 418 g/mol. The SMILES string of the molecule is CCCCCCCCCCCCCCCCNc1ccc(C(=O)C(O)C(=O)[O-])cc1. The number of benzene rings is 1. The molecule has 0 spiro atoms. The van der Waals surface area contributed by atoms with Gasteiger partial charge in [-0.15, -0.1) is 0 Å². The number of aliphatic carboxylic acids is 1. The normalized spacial score (nSPS) is 11.9. The summed E-state index contributed by atoms with van der Waals surface area (Å²) in [7, 11) is 0. The molecule has 0 aliphatic rings. The lowest BCUT2D eigenvalue weighted by molar-refractivity contribution is -0.312. The van der Waals surface area contributed by atoms with Crippen molar-refractivity contribution < 1.29 is 19.8 Å². The van der Waals surface area contributed by atoms with Gasteiger partial charge in [-0.05, 0) is 30.7 Å². The molecular formula is C25H40NO4-. The van der Waals surface area contributed by atoms with Crippen LogP contribution in [0.5, 0.6) is 0 Å². The molecule has 5 heteroatoms. The Morgan fingerprint density at radius 1 is 0.800 bits per heavy atom. The minimum atomic E-state index is -2.11. The van der Waals surface area contributed by atoms with Crippen LogP contribution in [0.2, 0.25) is 0 Å². The Morgan fingerprint density at radius 3 is 1.67 bits per heavy atom. The maximum absolute atomic E-state index is 11.7. The predicted molar refractivity (Wildman–Crippen MR) is 121 cm³/mol. The van der Waals surface area contributed by atoms with Crippen molar-refractivity contribution in [3.05, 3.63) is 29.8 Å². The molecule has 5 nitrogen and oxygen atoms in total. The van der Waals surface area contributed by atoms with Crippen LogP contribution < -0.4 is 10.4 Å². The Bertz CT molecular complexity index is 585. The van der Waals surface area contributed by atoms with Crippen molar-refractivity contribution >= 4 is 17.4 Å². The molecule has 1 rings (SSSR count). The van der Waals surface area contributed by atoms with Gasteiger partial charge in [0.1, 0.15) is 0 Å². The summed E-state index contributed by atoms with van der Waals surface area (Å²) in [6.45, 7) is 3.13. The minimum Gasteiger partial charge on any atom is -0.547 e. The Hall–Kier alpha value is -1.88. The van der Waals surface area contributed by atoms with Gasteiger partial charge in [0.25, 0.3) is 0 Å². The predicted octanol–water partition coefficient (Wildman–Crippen LogP) is 4.87. The molecule has 170 valence electrons. The molecule has 1 unspecified atom stereocenters. The van der Waals surface area contributed by atoms with Crippen LogP contribution in [-0.4, -0.2) is 29.5 Å². The van der Waals surface area contributed by atoms with E-state index in [1.165, 1.54) is 95.6 Å². The molecule has 1 aromatic carbocycles. The number of carboxylic acids is 1. The number of rotatable bonds is 19. The maximum Gasteiger partial charge on any atom is 0.197 e. The van der Waals surface area contributed by atoms with E-state index in [0.29, 0.717) is 0 Å².